The highest BCUT2D eigenvalue weighted by atomic mass is 32.2. The predicted molar refractivity (Wildman–Crippen MR) is 68.9 cm³/mol. The molecular weight excluding hydrogens is 234 g/mol. The van der Waals surface area contributed by atoms with E-state index in [0.717, 1.165) is 38.5 Å². The van der Waals surface area contributed by atoms with Crippen LogP contribution >= 0.6 is 0 Å². The zero-order chi connectivity index (χ0) is 12.3. The zero-order valence-corrected chi connectivity index (χ0v) is 11.1. The highest BCUT2D eigenvalue weighted by Crippen LogP contribution is 2.28. The Labute approximate surface area is 105 Å². The molecule has 0 aromatic heterocycles. The molecule has 4 heteroatoms. The Bertz CT molecular complexity index is 382. The minimum atomic E-state index is -3.05. The summed E-state index contributed by atoms with van der Waals surface area (Å²) in [6.45, 7) is 1.24. The predicted octanol–water partition coefficient (Wildman–Crippen LogP) is 1.99. The molecule has 0 unspecified atom stereocenters. The van der Waals surface area contributed by atoms with Gasteiger partial charge in [0.05, 0.1) is 5.25 Å². The van der Waals surface area contributed by atoms with E-state index < -0.39 is 10.0 Å². The SMILES string of the molecule is C#CC1CCN(S(=O)(=O)C2CCCCC2)CC1. The topological polar surface area (TPSA) is 37.4 Å². The molecule has 1 saturated carbocycles. The van der Waals surface area contributed by atoms with Gasteiger partial charge in [-0.2, -0.15) is 0 Å². The third-order valence-electron chi connectivity index (χ3n) is 4.02. The molecule has 0 radical (unpaired) electrons. The summed E-state index contributed by atoms with van der Waals surface area (Å²) in [4.78, 5) is 0. The molecule has 1 heterocycles. The molecule has 1 aliphatic heterocycles. The summed E-state index contributed by atoms with van der Waals surface area (Å²) in [5.41, 5.74) is 0. The van der Waals surface area contributed by atoms with E-state index in [-0.39, 0.29) is 11.2 Å². The lowest BCUT2D eigenvalue weighted by atomic mass is 9.99. The molecule has 96 valence electrons. The number of hydrogen-bond donors (Lipinski definition) is 0. The maximum atomic E-state index is 12.4. The summed E-state index contributed by atoms with van der Waals surface area (Å²) >= 11 is 0. The molecule has 2 fully saturated rings. The second-order valence-electron chi connectivity index (χ2n) is 5.14. The lowest BCUT2D eigenvalue weighted by Gasteiger charge is -2.33. The van der Waals surface area contributed by atoms with Crippen molar-refractivity contribution >= 4 is 10.0 Å². The van der Waals surface area contributed by atoms with Crippen molar-refractivity contribution in [1.82, 2.24) is 4.31 Å². The van der Waals surface area contributed by atoms with Gasteiger partial charge in [0.1, 0.15) is 0 Å². The molecule has 1 aliphatic carbocycles. The van der Waals surface area contributed by atoms with Crippen LogP contribution in [-0.2, 0) is 10.0 Å². The summed E-state index contributed by atoms with van der Waals surface area (Å²) in [6.07, 6.45) is 12.0. The molecule has 2 aliphatic rings. The largest absolute Gasteiger partial charge is 0.216 e. The molecule has 0 bridgehead atoms. The fourth-order valence-corrected chi connectivity index (χ4v) is 4.92. The van der Waals surface area contributed by atoms with Crippen LogP contribution in [0, 0.1) is 18.3 Å². The Morgan fingerprint density at radius 1 is 1.00 bits per heavy atom. The summed E-state index contributed by atoms with van der Waals surface area (Å²) in [5.74, 6) is 3.01. The van der Waals surface area contributed by atoms with Gasteiger partial charge < -0.3 is 0 Å². The van der Waals surface area contributed by atoms with Crippen molar-refractivity contribution in [3.05, 3.63) is 0 Å². The summed E-state index contributed by atoms with van der Waals surface area (Å²) in [5, 5.41) is -0.126. The first-order valence-corrected chi connectivity index (χ1v) is 8.10. The van der Waals surface area contributed by atoms with Gasteiger partial charge in [-0.15, -0.1) is 12.3 Å². The lowest BCUT2D eigenvalue weighted by molar-refractivity contribution is 0.303. The van der Waals surface area contributed by atoms with E-state index in [0.29, 0.717) is 13.1 Å². The first-order valence-electron chi connectivity index (χ1n) is 6.59. The van der Waals surface area contributed by atoms with E-state index in [1.807, 2.05) is 0 Å². The second-order valence-corrected chi connectivity index (χ2v) is 7.36. The van der Waals surface area contributed by atoms with Crippen molar-refractivity contribution in [1.29, 1.82) is 0 Å². The number of piperidine rings is 1. The van der Waals surface area contributed by atoms with E-state index in [9.17, 15) is 8.42 Å². The van der Waals surface area contributed by atoms with E-state index in [4.69, 9.17) is 6.42 Å². The first-order chi connectivity index (χ1) is 8.14. The molecular formula is C13H21NO2S. The van der Waals surface area contributed by atoms with Crippen molar-refractivity contribution in [2.24, 2.45) is 5.92 Å². The summed E-state index contributed by atoms with van der Waals surface area (Å²) in [7, 11) is -3.05. The van der Waals surface area contributed by atoms with Gasteiger partial charge >= 0.3 is 0 Å². The number of terminal acetylenes is 1. The molecule has 0 atom stereocenters. The molecule has 17 heavy (non-hydrogen) atoms. The van der Waals surface area contributed by atoms with Crippen LogP contribution in [0.2, 0.25) is 0 Å². The Balaban J connectivity index is 1.99. The van der Waals surface area contributed by atoms with E-state index in [1.165, 1.54) is 6.42 Å². The highest BCUT2D eigenvalue weighted by molar-refractivity contribution is 7.89. The van der Waals surface area contributed by atoms with Crippen LogP contribution in [0.3, 0.4) is 0 Å². The van der Waals surface area contributed by atoms with Crippen LogP contribution in [0.15, 0.2) is 0 Å². The molecule has 3 nitrogen and oxygen atoms in total. The number of nitrogens with zero attached hydrogens (tertiary/aromatic N) is 1. The molecule has 2 rings (SSSR count). The average molecular weight is 255 g/mol. The second kappa shape index (κ2) is 5.41. The fraction of sp³-hybridized carbons (Fsp3) is 0.846. The molecule has 1 saturated heterocycles. The van der Waals surface area contributed by atoms with Gasteiger partial charge in [0.25, 0.3) is 0 Å². The van der Waals surface area contributed by atoms with Crippen LogP contribution in [0.4, 0.5) is 0 Å². The smallest absolute Gasteiger partial charge is 0.212 e. The van der Waals surface area contributed by atoms with Crippen LogP contribution in [0.25, 0.3) is 0 Å². The lowest BCUT2D eigenvalue weighted by Crippen LogP contribution is -2.43. The van der Waals surface area contributed by atoms with Gasteiger partial charge in [0.2, 0.25) is 10.0 Å². The van der Waals surface area contributed by atoms with Gasteiger partial charge in [-0.25, -0.2) is 12.7 Å². The number of sulfonamides is 1. The molecule has 0 aromatic rings. The molecule has 0 spiro atoms. The van der Waals surface area contributed by atoms with Gasteiger partial charge in [0.15, 0.2) is 0 Å². The number of rotatable bonds is 2. The van der Waals surface area contributed by atoms with E-state index in [2.05, 4.69) is 5.92 Å². The standard InChI is InChI=1S/C13H21NO2S/c1-2-12-8-10-14(11-9-12)17(15,16)13-6-4-3-5-7-13/h1,12-13H,3-11H2. The van der Waals surface area contributed by atoms with Gasteiger partial charge in [-0.3, -0.25) is 0 Å². The third kappa shape index (κ3) is 2.83. The molecule has 0 N–H and O–H groups in total. The molecule has 0 amide bonds. The van der Waals surface area contributed by atoms with Gasteiger partial charge in [0, 0.05) is 19.0 Å². The molecule has 0 aromatic carbocycles. The Morgan fingerprint density at radius 2 is 1.59 bits per heavy atom. The minimum absolute atomic E-state index is 0.126. The normalized spacial score (nSPS) is 25.6. The van der Waals surface area contributed by atoms with Crippen molar-refractivity contribution in [2.45, 2.75) is 50.2 Å². The Morgan fingerprint density at radius 3 is 2.12 bits per heavy atom. The highest BCUT2D eigenvalue weighted by Gasteiger charge is 2.34. The quantitative estimate of drug-likeness (QED) is 0.708. The van der Waals surface area contributed by atoms with E-state index >= 15 is 0 Å². The fourth-order valence-electron chi connectivity index (χ4n) is 2.85. The summed E-state index contributed by atoms with van der Waals surface area (Å²) < 4.78 is 26.5. The van der Waals surface area contributed by atoms with Crippen LogP contribution in [0.1, 0.15) is 44.9 Å². The third-order valence-corrected chi connectivity index (χ3v) is 6.42. The minimum Gasteiger partial charge on any atom is -0.212 e. The van der Waals surface area contributed by atoms with Crippen molar-refractivity contribution in [3.63, 3.8) is 0 Å². The van der Waals surface area contributed by atoms with Crippen molar-refractivity contribution < 1.29 is 8.42 Å². The van der Waals surface area contributed by atoms with Crippen molar-refractivity contribution in [2.75, 3.05) is 13.1 Å². The maximum absolute atomic E-state index is 12.4. The average Bonchev–Trinajstić information content (AvgIpc) is 2.40. The zero-order valence-electron chi connectivity index (χ0n) is 10.3. The van der Waals surface area contributed by atoms with Gasteiger partial charge in [-0.05, 0) is 25.7 Å². The number of hydrogen-bond acceptors (Lipinski definition) is 2. The first kappa shape index (κ1) is 12.9. The maximum Gasteiger partial charge on any atom is 0.216 e. The monoisotopic (exact) mass is 255 g/mol. The van der Waals surface area contributed by atoms with Crippen LogP contribution < -0.4 is 0 Å². The van der Waals surface area contributed by atoms with Crippen molar-refractivity contribution in [3.8, 4) is 12.3 Å². The van der Waals surface area contributed by atoms with Crippen LogP contribution in [0.5, 0.6) is 0 Å². The Hall–Kier alpha value is -0.530. The van der Waals surface area contributed by atoms with E-state index in [1.54, 1.807) is 4.31 Å². The van der Waals surface area contributed by atoms with Crippen LogP contribution in [-0.4, -0.2) is 31.1 Å². The van der Waals surface area contributed by atoms with Gasteiger partial charge in [-0.1, -0.05) is 19.3 Å². The summed E-state index contributed by atoms with van der Waals surface area (Å²) in [6, 6.07) is 0. The Kier molecular flexibility index (Phi) is 4.11.